The minimum absolute atomic E-state index is 0.0850. The summed E-state index contributed by atoms with van der Waals surface area (Å²) in [4.78, 5) is 29.4. The van der Waals surface area contributed by atoms with E-state index in [1.807, 2.05) is 88.4 Å². The molecular formula is C31H38BrN3O4S. The van der Waals surface area contributed by atoms with E-state index in [1.54, 1.807) is 12.1 Å². The van der Waals surface area contributed by atoms with Crippen LogP contribution in [0.2, 0.25) is 0 Å². The molecule has 0 saturated heterocycles. The predicted molar refractivity (Wildman–Crippen MR) is 165 cm³/mol. The van der Waals surface area contributed by atoms with E-state index >= 15 is 0 Å². The smallest absolute Gasteiger partial charge is 0.244 e. The van der Waals surface area contributed by atoms with Gasteiger partial charge < -0.3 is 10.2 Å². The van der Waals surface area contributed by atoms with Crippen LogP contribution in [-0.4, -0.2) is 50.0 Å². The molecule has 0 saturated carbocycles. The van der Waals surface area contributed by atoms with Crippen LogP contribution >= 0.6 is 15.9 Å². The fourth-order valence-electron chi connectivity index (χ4n) is 4.49. The number of halogens is 1. The van der Waals surface area contributed by atoms with Gasteiger partial charge in [-0.2, -0.15) is 0 Å². The molecule has 0 aliphatic carbocycles. The van der Waals surface area contributed by atoms with E-state index in [0.29, 0.717) is 5.69 Å². The fourth-order valence-corrected chi connectivity index (χ4v) is 5.59. The number of anilines is 1. The lowest BCUT2D eigenvalue weighted by Crippen LogP contribution is -2.54. The Balaban J connectivity index is 2.07. The molecule has 2 amide bonds. The first-order valence-electron chi connectivity index (χ1n) is 13.3. The molecule has 0 fully saturated rings. The molecule has 3 aromatic carbocycles. The van der Waals surface area contributed by atoms with Gasteiger partial charge in [-0.05, 0) is 73.7 Å². The van der Waals surface area contributed by atoms with Gasteiger partial charge in [-0.15, -0.1) is 0 Å². The molecule has 1 N–H and O–H groups in total. The number of carbonyl (C=O) groups is 2. The molecule has 0 radical (unpaired) electrons. The molecule has 7 nitrogen and oxygen atoms in total. The highest BCUT2D eigenvalue weighted by molar-refractivity contribution is 9.10. The number of nitrogens with one attached hydrogen (secondary N) is 1. The molecule has 214 valence electrons. The zero-order valence-electron chi connectivity index (χ0n) is 23.7. The van der Waals surface area contributed by atoms with E-state index in [-0.39, 0.29) is 24.9 Å². The van der Waals surface area contributed by atoms with Crippen molar-refractivity contribution < 1.29 is 18.0 Å². The molecule has 0 bridgehead atoms. The van der Waals surface area contributed by atoms with Crippen molar-refractivity contribution in [2.24, 2.45) is 0 Å². The molecule has 9 heteroatoms. The summed E-state index contributed by atoms with van der Waals surface area (Å²) in [6, 6.07) is 21.6. The average Bonchev–Trinajstić information content (AvgIpc) is 2.89. The molecule has 0 spiro atoms. The normalized spacial score (nSPS) is 12.8. The lowest BCUT2D eigenvalue weighted by Gasteiger charge is -2.34. The number of nitrogens with zero attached hydrogens (tertiary/aromatic N) is 2. The van der Waals surface area contributed by atoms with Gasteiger partial charge in [0.25, 0.3) is 0 Å². The maximum Gasteiger partial charge on any atom is 0.244 e. The van der Waals surface area contributed by atoms with E-state index < -0.39 is 28.5 Å². The maximum absolute atomic E-state index is 14.1. The van der Waals surface area contributed by atoms with Gasteiger partial charge in [-0.3, -0.25) is 13.9 Å². The maximum atomic E-state index is 14.1. The zero-order chi connectivity index (χ0) is 29.4. The van der Waals surface area contributed by atoms with Crippen LogP contribution in [0.1, 0.15) is 42.5 Å². The Morgan fingerprint density at radius 2 is 1.52 bits per heavy atom. The first-order chi connectivity index (χ1) is 18.9. The third kappa shape index (κ3) is 8.93. The van der Waals surface area contributed by atoms with E-state index in [0.717, 1.165) is 43.7 Å². The number of hydrogen-bond acceptors (Lipinski definition) is 4. The fraction of sp³-hybridized carbons (Fsp3) is 0.355. The van der Waals surface area contributed by atoms with Crippen molar-refractivity contribution in [2.75, 3.05) is 17.1 Å². The molecular weight excluding hydrogens is 590 g/mol. The number of sulfonamides is 1. The van der Waals surface area contributed by atoms with Crippen LogP contribution in [0, 0.1) is 13.8 Å². The molecule has 2 atom stereocenters. The van der Waals surface area contributed by atoms with Gasteiger partial charge >= 0.3 is 0 Å². The topological polar surface area (TPSA) is 86.8 Å². The van der Waals surface area contributed by atoms with Gasteiger partial charge in [0, 0.05) is 23.5 Å². The van der Waals surface area contributed by atoms with Gasteiger partial charge in [0.15, 0.2) is 0 Å². The first-order valence-corrected chi connectivity index (χ1v) is 16.0. The molecule has 0 aliphatic rings. The Morgan fingerprint density at radius 3 is 2.08 bits per heavy atom. The highest BCUT2D eigenvalue weighted by atomic mass is 79.9. The van der Waals surface area contributed by atoms with E-state index in [2.05, 4.69) is 21.2 Å². The summed E-state index contributed by atoms with van der Waals surface area (Å²) in [5, 5.41) is 3.04. The molecule has 0 heterocycles. The summed E-state index contributed by atoms with van der Waals surface area (Å²) in [7, 11) is -3.81. The van der Waals surface area contributed by atoms with Crippen molar-refractivity contribution in [3.63, 3.8) is 0 Å². The van der Waals surface area contributed by atoms with Crippen LogP contribution in [0.5, 0.6) is 0 Å². The van der Waals surface area contributed by atoms with Crippen LogP contribution in [0.15, 0.2) is 77.3 Å². The Labute approximate surface area is 246 Å². The zero-order valence-corrected chi connectivity index (χ0v) is 26.1. The Bertz CT molecular complexity index is 1390. The van der Waals surface area contributed by atoms with Crippen molar-refractivity contribution in [3.05, 3.63) is 99.5 Å². The van der Waals surface area contributed by atoms with Crippen LogP contribution in [0.3, 0.4) is 0 Å². The molecule has 3 aromatic rings. The van der Waals surface area contributed by atoms with Gasteiger partial charge in [0.05, 0.1) is 11.9 Å². The Morgan fingerprint density at radius 1 is 0.925 bits per heavy atom. The summed E-state index contributed by atoms with van der Waals surface area (Å²) in [6.45, 7) is 7.38. The van der Waals surface area contributed by atoms with Crippen molar-refractivity contribution in [1.29, 1.82) is 0 Å². The Hall–Kier alpha value is -3.17. The molecule has 0 unspecified atom stereocenters. The van der Waals surface area contributed by atoms with Gasteiger partial charge in [0.2, 0.25) is 21.8 Å². The minimum Gasteiger partial charge on any atom is -0.352 e. The highest BCUT2D eigenvalue weighted by Crippen LogP contribution is 2.23. The summed E-state index contributed by atoms with van der Waals surface area (Å²) in [6.07, 6.45) is 2.11. The predicted octanol–water partition coefficient (Wildman–Crippen LogP) is 5.39. The summed E-state index contributed by atoms with van der Waals surface area (Å²) in [5.41, 5.74) is 3.91. The summed E-state index contributed by atoms with van der Waals surface area (Å²) in [5.74, 6) is -0.742. The standard InChI is InChI=1S/C31H38BrN3O4S/c1-6-24(4)33-31(37)29(19-25-10-8-7-9-11-25)34(20-26-12-14-27(32)15-13-26)30(36)21-35(40(5,38)39)28-17-22(2)16-23(3)18-28/h7-18,24,29H,6,19-21H2,1-5H3,(H,33,37)/t24-,29+/m0/s1. The van der Waals surface area contributed by atoms with Crippen molar-refractivity contribution >= 4 is 43.5 Å². The molecule has 0 aromatic heterocycles. The van der Waals surface area contributed by atoms with Gasteiger partial charge in [-0.25, -0.2) is 8.42 Å². The minimum atomic E-state index is -3.81. The third-order valence-corrected chi connectivity index (χ3v) is 8.38. The first kappa shape index (κ1) is 31.4. The molecule has 3 rings (SSSR count). The van der Waals surface area contributed by atoms with Crippen LogP contribution in [-0.2, 0) is 32.6 Å². The van der Waals surface area contributed by atoms with Crippen LogP contribution in [0.25, 0.3) is 0 Å². The van der Waals surface area contributed by atoms with Gasteiger partial charge in [-0.1, -0.05) is 71.4 Å². The summed E-state index contributed by atoms with van der Waals surface area (Å²) < 4.78 is 27.9. The van der Waals surface area contributed by atoms with Crippen molar-refractivity contribution in [3.8, 4) is 0 Å². The largest absolute Gasteiger partial charge is 0.352 e. The molecule has 40 heavy (non-hydrogen) atoms. The second-order valence-electron chi connectivity index (χ2n) is 10.3. The number of rotatable bonds is 12. The second-order valence-corrected chi connectivity index (χ2v) is 13.1. The number of benzene rings is 3. The number of carbonyl (C=O) groups excluding carboxylic acids is 2. The number of aryl methyl sites for hydroxylation is 2. The van der Waals surface area contributed by atoms with E-state index in [1.165, 1.54) is 4.90 Å². The number of amides is 2. The Kier molecular flexibility index (Phi) is 10.9. The second kappa shape index (κ2) is 13.9. The van der Waals surface area contributed by atoms with E-state index in [9.17, 15) is 18.0 Å². The lowest BCUT2D eigenvalue weighted by molar-refractivity contribution is -0.140. The van der Waals surface area contributed by atoms with Crippen molar-refractivity contribution in [1.82, 2.24) is 10.2 Å². The summed E-state index contributed by atoms with van der Waals surface area (Å²) >= 11 is 3.45. The third-order valence-electron chi connectivity index (χ3n) is 6.71. The van der Waals surface area contributed by atoms with Crippen LogP contribution < -0.4 is 9.62 Å². The van der Waals surface area contributed by atoms with E-state index in [4.69, 9.17) is 0 Å². The van der Waals surface area contributed by atoms with Crippen molar-refractivity contribution in [2.45, 2.75) is 59.2 Å². The quantitative estimate of drug-likeness (QED) is 0.292. The number of hydrogen-bond donors (Lipinski definition) is 1. The average molecular weight is 629 g/mol. The highest BCUT2D eigenvalue weighted by Gasteiger charge is 2.33. The SMILES string of the molecule is CC[C@H](C)NC(=O)[C@@H](Cc1ccccc1)N(Cc1ccc(Br)cc1)C(=O)CN(c1cc(C)cc(C)c1)S(C)(=O)=O. The van der Waals surface area contributed by atoms with Gasteiger partial charge in [0.1, 0.15) is 12.6 Å². The van der Waals surface area contributed by atoms with Crippen LogP contribution in [0.4, 0.5) is 5.69 Å². The molecule has 0 aliphatic heterocycles. The monoisotopic (exact) mass is 627 g/mol. The lowest BCUT2D eigenvalue weighted by atomic mass is 10.0.